The molecular formula is C19H20F3N3O3. The van der Waals surface area contributed by atoms with Gasteiger partial charge in [-0.15, -0.1) is 0 Å². The molecule has 2 unspecified atom stereocenters. The first-order valence-electron chi connectivity index (χ1n) is 8.69. The van der Waals surface area contributed by atoms with Gasteiger partial charge in [-0.1, -0.05) is 0 Å². The minimum absolute atomic E-state index is 0.0153. The summed E-state index contributed by atoms with van der Waals surface area (Å²) in [6.45, 7) is 1.08. The first-order valence-corrected chi connectivity index (χ1v) is 8.69. The molecule has 1 aliphatic heterocycles. The Balaban J connectivity index is 1.85. The number of carbonyl (C=O) groups is 1. The van der Waals surface area contributed by atoms with E-state index in [1.165, 1.54) is 25.3 Å². The van der Waals surface area contributed by atoms with E-state index in [1.807, 2.05) is 11.9 Å². The molecule has 1 aliphatic rings. The molecule has 0 spiro atoms. The molecule has 0 radical (unpaired) electrons. The molecule has 1 N–H and O–H groups in total. The Morgan fingerprint density at radius 2 is 2.00 bits per heavy atom. The highest BCUT2D eigenvalue weighted by molar-refractivity contribution is 5.82. The summed E-state index contributed by atoms with van der Waals surface area (Å²) >= 11 is 0. The van der Waals surface area contributed by atoms with Crippen molar-refractivity contribution < 1.29 is 27.8 Å². The highest BCUT2D eigenvalue weighted by Gasteiger charge is 2.34. The topological polar surface area (TPSA) is 75.6 Å². The molecule has 9 heteroatoms. The van der Waals surface area contributed by atoms with E-state index in [2.05, 4.69) is 10.2 Å². The van der Waals surface area contributed by atoms with Crippen LogP contribution in [0.25, 0.3) is 11.3 Å². The predicted molar refractivity (Wildman–Crippen MR) is 94.6 cm³/mol. The fourth-order valence-corrected chi connectivity index (χ4v) is 3.22. The Kier molecular flexibility index (Phi) is 5.66. The molecule has 0 aliphatic carbocycles. The smallest absolute Gasteiger partial charge is 0.416 e. The van der Waals surface area contributed by atoms with E-state index in [-0.39, 0.29) is 17.2 Å². The number of likely N-dealkylation sites (tertiary alicyclic amines) is 1. The summed E-state index contributed by atoms with van der Waals surface area (Å²) in [5.74, 6) is -0.595. The van der Waals surface area contributed by atoms with Crippen molar-refractivity contribution in [1.82, 2.24) is 15.1 Å². The Morgan fingerprint density at radius 3 is 2.61 bits per heavy atom. The number of halogens is 3. The molecule has 2 heterocycles. The molecule has 1 fully saturated rings. The molecule has 6 nitrogen and oxygen atoms in total. The van der Waals surface area contributed by atoms with Gasteiger partial charge in [-0.25, -0.2) is 0 Å². The standard InChI is InChI=1S/C19H20F3N3O3/c1-25-8-7-16(26)13(10-25)18(27)15-6-5-14(23-24-15)12-4-3-11(19(20,21)22)9-17(12)28-2/h3-6,9,13,18,27H,7-8,10H2,1-2H3. The minimum atomic E-state index is -4.48. The van der Waals surface area contributed by atoms with Crippen LogP contribution in [0.5, 0.6) is 5.75 Å². The second-order valence-corrected chi connectivity index (χ2v) is 6.79. The number of aromatic nitrogens is 2. The van der Waals surface area contributed by atoms with Crippen molar-refractivity contribution in [3.8, 4) is 17.0 Å². The molecule has 1 aromatic heterocycles. The number of ketones is 1. The highest BCUT2D eigenvalue weighted by Crippen LogP contribution is 2.36. The second kappa shape index (κ2) is 7.84. The van der Waals surface area contributed by atoms with E-state index in [1.54, 1.807) is 0 Å². The average Bonchev–Trinajstić information content (AvgIpc) is 2.68. The third-order valence-electron chi connectivity index (χ3n) is 4.84. The Morgan fingerprint density at radius 1 is 1.25 bits per heavy atom. The molecule has 2 aromatic rings. The molecule has 3 rings (SSSR count). The number of benzene rings is 1. The number of alkyl halides is 3. The number of rotatable bonds is 4. The molecule has 2 atom stereocenters. The van der Waals surface area contributed by atoms with Crippen LogP contribution in [0, 0.1) is 5.92 Å². The maximum absolute atomic E-state index is 12.9. The van der Waals surface area contributed by atoms with E-state index >= 15 is 0 Å². The Hall–Kier alpha value is -2.52. The van der Waals surface area contributed by atoms with Gasteiger partial charge in [0.2, 0.25) is 0 Å². The Labute approximate surface area is 160 Å². The van der Waals surface area contributed by atoms with E-state index < -0.39 is 23.8 Å². The van der Waals surface area contributed by atoms with Crippen LogP contribution in [0.3, 0.4) is 0 Å². The highest BCUT2D eigenvalue weighted by atomic mass is 19.4. The van der Waals surface area contributed by atoms with Gasteiger partial charge < -0.3 is 14.7 Å². The summed E-state index contributed by atoms with van der Waals surface area (Å²) < 4.78 is 43.7. The normalized spacial score (nSPS) is 19.5. The van der Waals surface area contributed by atoms with Crippen LogP contribution in [0.1, 0.15) is 23.8 Å². The van der Waals surface area contributed by atoms with Crippen LogP contribution >= 0.6 is 0 Å². The van der Waals surface area contributed by atoms with Crippen molar-refractivity contribution in [2.24, 2.45) is 5.92 Å². The molecule has 1 aromatic carbocycles. The summed E-state index contributed by atoms with van der Waals surface area (Å²) in [6, 6.07) is 6.16. The van der Waals surface area contributed by atoms with Gasteiger partial charge in [0.1, 0.15) is 17.6 Å². The van der Waals surface area contributed by atoms with E-state index in [4.69, 9.17) is 4.74 Å². The third-order valence-corrected chi connectivity index (χ3v) is 4.84. The van der Waals surface area contributed by atoms with Crippen LogP contribution in [-0.4, -0.2) is 53.2 Å². The van der Waals surface area contributed by atoms with E-state index in [0.717, 1.165) is 12.1 Å². The Bertz CT molecular complexity index is 856. The van der Waals surface area contributed by atoms with Gasteiger partial charge >= 0.3 is 6.18 Å². The monoisotopic (exact) mass is 395 g/mol. The SMILES string of the molecule is COc1cc(C(F)(F)F)ccc1-c1ccc(C(O)C2CN(C)CCC2=O)nn1. The van der Waals surface area contributed by atoms with Crippen molar-refractivity contribution in [3.63, 3.8) is 0 Å². The molecule has 150 valence electrons. The van der Waals surface area contributed by atoms with E-state index in [0.29, 0.717) is 30.8 Å². The van der Waals surface area contributed by atoms with Crippen molar-refractivity contribution >= 4 is 5.78 Å². The van der Waals surface area contributed by atoms with E-state index in [9.17, 15) is 23.1 Å². The lowest BCUT2D eigenvalue weighted by molar-refractivity contribution is -0.137. The lowest BCUT2D eigenvalue weighted by Crippen LogP contribution is -2.41. The average molecular weight is 395 g/mol. The van der Waals surface area contributed by atoms with Crippen molar-refractivity contribution in [1.29, 1.82) is 0 Å². The number of aliphatic hydroxyl groups is 1. The number of aliphatic hydroxyl groups excluding tert-OH is 1. The minimum Gasteiger partial charge on any atom is -0.496 e. The number of Topliss-reactive ketones (excluding diaryl/α,β-unsaturated/α-hetero) is 1. The molecule has 0 amide bonds. The summed E-state index contributed by atoms with van der Waals surface area (Å²) in [4.78, 5) is 14.1. The number of methoxy groups -OCH3 is 1. The summed E-state index contributed by atoms with van der Waals surface area (Å²) in [5, 5.41) is 18.5. The van der Waals surface area contributed by atoms with Gasteiger partial charge in [0, 0.05) is 25.1 Å². The van der Waals surface area contributed by atoms with Gasteiger partial charge in [-0.2, -0.15) is 23.4 Å². The van der Waals surface area contributed by atoms with Crippen LogP contribution in [0.4, 0.5) is 13.2 Å². The largest absolute Gasteiger partial charge is 0.496 e. The zero-order valence-electron chi connectivity index (χ0n) is 15.4. The summed E-state index contributed by atoms with van der Waals surface area (Å²) in [5.41, 5.74) is 0.0578. The van der Waals surface area contributed by atoms with Crippen molar-refractivity contribution in [2.75, 3.05) is 27.2 Å². The van der Waals surface area contributed by atoms with Crippen LogP contribution in [0.2, 0.25) is 0 Å². The zero-order valence-corrected chi connectivity index (χ0v) is 15.4. The third kappa shape index (κ3) is 4.15. The molecule has 28 heavy (non-hydrogen) atoms. The first kappa shape index (κ1) is 20.2. The number of ether oxygens (including phenoxy) is 1. The van der Waals surface area contributed by atoms with Crippen LogP contribution in [-0.2, 0) is 11.0 Å². The number of piperidine rings is 1. The molecule has 0 saturated carbocycles. The predicted octanol–water partition coefficient (Wildman–Crippen LogP) is 2.73. The lowest BCUT2D eigenvalue weighted by atomic mass is 9.89. The van der Waals surface area contributed by atoms with Gasteiger partial charge in [-0.3, -0.25) is 4.79 Å². The van der Waals surface area contributed by atoms with Crippen molar-refractivity contribution in [3.05, 3.63) is 41.6 Å². The van der Waals surface area contributed by atoms with Crippen LogP contribution < -0.4 is 4.74 Å². The number of hydrogen-bond donors (Lipinski definition) is 1. The zero-order chi connectivity index (χ0) is 20.5. The van der Waals surface area contributed by atoms with Gasteiger partial charge in [0.15, 0.2) is 0 Å². The summed E-state index contributed by atoms with van der Waals surface area (Å²) in [6.07, 6.45) is -5.20. The van der Waals surface area contributed by atoms with Crippen LogP contribution in [0.15, 0.2) is 30.3 Å². The number of hydrogen-bond acceptors (Lipinski definition) is 6. The maximum Gasteiger partial charge on any atom is 0.416 e. The van der Waals surface area contributed by atoms with Gasteiger partial charge in [-0.05, 0) is 37.4 Å². The number of nitrogens with zero attached hydrogens (tertiary/aromatic N) is 3. The van der Waals surface area contributed by atoms with Gasteiger partial charge in [0.05, 0.1) is 30.0 Å². The van der Waals surface area contributed by atoms with Crippen molar-refractivity contribution in [2.45, 2.75) is 18.7 Å². The maximum atomic E-state index is 12.9. The fraction of sp³-hybridized carbons (Fsp3) is 0.421. The molecular weight excluding hydrogens is 375 g/mol. The second-order valence-electron chi connectivity index (χ2n) is 6.79. The molecule has 0 bridgehead atoms. The quantitative estimate of drug-likeness (QED) is 0.858. The van der Waals surface area contributed by atoms with Gasteiger partial charge in [0.25, 0.3) is 0 Å². The molecule has 1 saturated heterocycles. The summed E-state index contributed by atoms with van der Waals surface area (Å²) in [7, 11) is 3.15. The lowest BCUT2D eigenvalue weighted by Gasteiger charge is -2.31. The number of carbonyl (C=O) groups excluding carboxylic acids is 1. The first-order chi connectivity index (χ1) is 13.2. The fourth-order valence-electron chi connectivity index (χ4n) is 3.22.